The maximum Gasteiger partial charge on any atom is 0.255 e. The van der Waals surface area contributed by atoms with Gasteiger partial charge in [0.2, 0.25) is 5.95 Å². The molecule has 1 fully saturated rings. The van der Waals surface area contributed by atoms with Crippen molar-refractivity contribution in [2.24, 2.45) is 0 Å². The summed E-state index contributed by atoms with van der Waals surface area (Å²) in [6, 6.07) is 6.52. The van der Waals surface area contributed by atoms with E-state index in [0.29, 0.717) is 12.6 Å². The van der Waals surface area contributed by atoms with Crippen molar-refractivity contribution in [2.45, 2.75) is 6.04 Å². The van der Waals surface area contributed by atoms with Crippen LogP contribution in [0.15, 0.2) is 42.7 Å². The molecule has 1 atom stereocenters. The Morgan fingerprint density at radius 3 is 2.43 bits per heavy atom. The van der Waals surface area contributed by atoms with Crippen LogP contribution in [-0.4, -0.2) is 66.0 Å². The lowest BCUT2D eigenvalue weighted by molar-refractivity contribution is 0.108. The van der Waals surface area contributed by atoms with Gasteiger partial charge in [-0.15, -0.1) is 0 Å². The maximum absolute atomic E-state index is 13.0. The number of halogens is 2. The SMILES string of the molecule is COCC(/C=C/c1ccc(F)cc1)N1CCN(c2ncc(C(=O)Cl)cn2)CC1. The van der Waals surface area contributed by atoms with Crippen LogP contribution in [0.5, 0.6) is 0 Å². The smallest absolute Gasteiger partial charge is 0.255 e. The van der Waals surface area contributed by atoms with E-state index in [4.69, 9.17) is 16.3 Å². The molecule has 1 aliphatic rings. The topological polar surface area (TPSA) is 58.6 Å². The fraction of sp³-hybridized carbons (Fsp3) is 0.350. The zero-order valence-corrected chi connectivity index (χ0v) is 16.3. The van der Waals surface area contributed by atoms with Crippen LogP contribution in [0.3, 0.4) is 0 Å². The Balaban J connectivity index is 1.60. The van der Waals surface area contributed by atoms with Crippen molar-refractivity contribution < 1.29 is 13.9 Å². The van der Waals surface area contributed by atoms with Crippen molar-refractivity contribution >= 4 is 28.9 Å². The molecule has 2 aromatic rings. The molecular formula is C20H22ClFN4O2. The molecule has 1 aliphatic heterocycles. The van der Waals surface area contributed by atoms with Crippen molar-refractivity contribution in [3.05, 3.63) is 59.7 Å². The van der Waals surface area contributed by atoms with Crippen LogP contribution in [0, 0.1) is 5.82 Å². The van der Waals surface area contributed by atoms with Crippen LogP contribution >= 0.6 is 11.6 Å². The zero-order valence-electron chi connectivity index (χ0n) is 15.6. The van der Waals surface area contributed by atoms with Crippen LogP contribution in [0.2, 0.25) is 0 Å². The third-order valence-electron chi connectivity index (χ3n) is 4.65. The second-order valence-electron chi connectivity index (χ2n) is 6.50. The number of rotatable bonds is 7. The van der Waals surface area contributed by atoms with E-state index in [1.54, 1.807) is 19.2 Å². The Hall–Kier alpha value is -2.35. The van der Waals surface area contributed by atoms with E-state index in [0.717, 1.165) is 31.7 Å². The Morgan fingerprint density at radius 1 is 1.21 bits per heavy atom. The van der Waals surface area contributed by atoms with E-state index >= 15 is 0 Å². The van der Waals surface area contributed by atoms with E-state index < -0.39 is 5.24 Å². The highest BCUT2D eigenvalue weighted by Crippen LogP contribution is 2.15. The fourth-order valence-corrected chi connectivity index (χ4v) is 3.19. The third-order valence-corrected chi connectivity index (χ3v) is 4.87. The molecule has 0 aliphatic carbocycles. The maximum atomic E-state index is 13.0. The molecule has 28 heavy (non-hydrogen) atoms. The third kappa shape index (κ3) is 5.34. The second kappa shape index (κ2) is 9.73. The number of carbonyl (C=O) groups excluding carboxylic acids is 1. The van der Waals surface area contributed by atoms with Gasteiger partial charge >= 0.3 is 0 Å². The highest BCUT2D eigenvalue weighted by atomic mass is 35.5. The van der Waals surface area contributed by atoms with Gasteiger partial charge in [0.1, 0.15) is 5.82 Å². The van der Waals surface area contributed by atoms with Gasteiger partial charge in [-0.2, -0.15) is 0 Å². The number of aromatic nitrogens is 2. The number of anilines is 1. The van der Waals surface area contributed by atoms with Crippen molar-refractivity contribution in [2.75, 3.05) is 44.8 Å². The predicted molar refractivity (Wildman–Crippen MR) is 107 cm³/mol. The Bertz CT molecular complexity index is 806. The molecule has 0 N–H and O–H groups in total. The number of hydrogen-bond acceptors (Lipinski definition) is 6. The molecule has 3 rings (SSSR count). The Labute approximate surface area is 168 Å². The average Bonchev–Trinajstić information content (AvgIpc) is 2.72. The molecule has 0 bridgehead atoms. The van der Waals surface area contributed by atoms with Gasteiger partial charge in [0.05, 0.1) is 18.2 Å². The monoisotopic (exact) mass is 404 g/mol. The summed E-state index contributed by atoms with van der Waals surface area (Å²) >= 11 is 5.43. The van der Waals surface area contributed by atoms with Gasteiger partial charge in [-0.05, 0) is 29.3 Å². The Morgan fingerprint density at radius 2 is 1.86 bits per heavy atom. The van der Waals surface area contributed by atoms with Gasteiger partial charge in [-0.25, -0.2) is 14.4 Å². The summed E-state index contributed by atoms with van der Waals surface area (Å²) in [6.07, 6.45) is 6.97. The minimum Gasteiger partial charge on any atom is -0.383 e. The van der Waals surface area contributed by atoms with Gasteiger partial charge < -0.3 is 9.64 Å². The summed E-state index contributed by atoms with van der Waals surface area (Å²) in [7, 11) is 1.68. The standard InChI is InChI=1S/C20H22ClFN4O2/c1-28-14-18(7-4-15-2-5-17(22)6-3-15)25-8-10-26(11-9-25)20-23-12-16(13-24-20)19(21)27/h2-7,12-13,18H,8-11,14H2,1H3/b7-4+. The first-order valence-electron chi connectivity index (χ1n) is 9.00. The van der Waals surface area contributed by atoms with Crippen LogP contribution < -0.4 is 4.90 Å². The van der Waals surface area contributed by atoms with Crippen molar-refractivity contribution in [1.82, 2.24) is 14.9 Å². The molecular weight excluding hydrogens is 383 g/mol. The molecule has 1 unspecified atom stereocenters. The van der Waals surface area contributed by atoms with Gasteiger partial charge in [-0.1, -0.05) is 24.3 Å². The fourth-order valence-electron chi connectivity index (χ4n) is 3.09. The molecule has 1 saturated heterocycles. The summed E-state index contributed by atoms with van der Waals surface area (Å²) in [4.78, 5) is 24.0. The lowest BCUT2D eigenvalue weighted by Crippen LogP contribution is -2.51. The molecule has 8 heteroatoms. The number of methoxy groups -OCH3 is 1. The summed E-state index contributed by atoms with van der Waals surface area (Å²) in [5.41, 5.74) is 1.23. The van der Waals surface area contributed by atoms with Crippen LogP contribution in [0.1, 0.15) is 15.9 Å². The molecule has 1 aromatic carbocycles. The number of ether oxygens (including phenoxy) is 1. The van der Waals surface area contributed by atoms with Gasteiger partial charge in [0.25, 0.3) is 5.24 Å². The summed E-state index contributed by atoms with van der Waals surface area (Å²) < 4.78 is 18.4. The molecule has 1 aromatic heterocycles. The number of carbonyl (C=O) groups is 1. The number of nitrogens with zero attached hydrogens (tertiary/aromatic N) is 4. The highest BCUT2D eigenvalue weighted by molar-refractivity contribution is 6.67. The average molecular weight is 405 g/mol. The molecule has 0 amide bonds. The highest BCUT2D eigenvalue weighted by Gasteiger charge is 2.23. The molecule has 0 saturated carbocycles. The van der Waals surface area contributed by atoms with E-state index in [-0.39, 0.29) is 17.4 Å². The first-order valence-corrected chi connectivity index (χ1v) is 9.38. The van der Waals surface area contributed by atoms with Crippen molar-refractivity contribution in [3.63, 3.8) is 0 Å². The zero-order chi connectivity index (χ0) is 19.9. The first-order chi connectivity index (χ1) is 13.6. The normalized spacial score (nSPS) is 16.5. The molecule has 6 nitrogen and oxygen atoms in total. The summed E-state index contributed by atoms with van der Waals surface area (Å²) in [5, 5.41) is -0.563. The Kier molecular flexibility index (Phi) is 7.08. The quantitative estimate of drug-likeness (QED) is 0.661. The molecule has 148 valence electrons. The lowest BCUT2D eigenvalue weighted by atomic mass is 10.1. The van der Waals surface area contributed by atoms with Crippen molar-refractivity contribution in [1.29, 1.82) is 0 Å². The summed E-state index contributed by atoms with van der Waals surface area (Å²) in [6.45, 7) is 3.74. The largest absolute Gasteiger partial charge is 0.383 e. The number of piperazine rings is 1. The van der Waals surface area contributed by atoms with Crippen molar-refractivity contribution in [3.8, 4) is 0 Å². The van der Waals surface area contributed by atoms with Gasteiger partial charge in [0, 0.05) is 45.7 Å². The van der Waals surface area contributed by atoms with E-state index in [1.807, 2.05) is 6.08 Å². The minimum absolute atomic E-state index is 0.120. The first kappa shape index (κ1) is 20.4. The lowest BCUT2D eigenvalue weighted by Gasteiger charge is -2.38. The van der Waals surface area contributed by atoms with E-state index in [2.05, 4.69) is 25.8 Å². The van der Waals surface area contributed by atoms with E-state index in [1.165, 1.54) is 24.5 Å². The van der Waals surface area contributed by atoms with E-state index in [9.17, 15) is 9.18 Å². The predicted octanol–water partition coefficient (Wildman–Crippen LogP) is 2.85. The second-order valence-corrected chi connectivity index (χ2v) is 6.85. The number of benzene rings is 1. The summed E-state index contributed by atoms with van der Waals surface area (Å²) in [5.74, 6) is 0.346. The van der Waals surface area contributed by atoms with Gasteiger partial charge in [0.15, 0.2) is 0 Å². The van der Waals surface area contributed by atoms with Crippen LogP contribution in [0.4, 0.5) is 10.3 Å². The molecule has 2 heterocycles. The number of hydrogen-bond donors (Lipinski definition) is 0. The van der Waals surface area contributed by atoms with Crippen LogP contribution in [-0.2, 0) is 4.74 Å². The molecule has 0 spiro atoms. The minimum atomic E-state index is -0.563. The van der Waals surface area contributed by atoms with Crippen LogP contribution in [0.25, 0.3) is 6.08 Å². The molecule has 0 radical (unpaired) electrons. The van der Waals surface area contributed by atoms with Gasteiger partial charge in [-0.3, -0.25) is 9.69 Å².